The van der Waals surface area contributed by atoms with Crippen LogP contribution < -0.4 is 10.6 Å². The highest BCUT2D eigenvalue weighted by Gasteiger charge is 2.11. The standard InChI is InChI=1S/C20H26ClN5/c1-22-20(25-14-18-8-9-19(21)23-13-18)24-12-16-4-6-17(7-5-16)15-26-10-2-3-11-26/h4-9,13H,2-3,10-12,14-15H2,1H3,(H2,22,24,25). The molecule has 1 fully saturated rings. The highest BCUT2D eigenvalue weighted by molar-refractivity contribution is 6.29. The molecular weight excluding hydrogens is 346 g/mol. The van der Waals surface area contributed by atoms with Gasteiger partial charge in [0.05, 0.1) is 0 Å². The number of hydrogen-bond acceptors (Lipinski definition) is 3. The number of aliphatic imine (C=N–C) groups is 1. The second kappa shape index (κ2) is 9.55. The van der Waals surface area contributed by atoms with Gasteiger partial charge in [-0.1, -0.05) is 41.9 Å². The van der Waals surface area contributed by atoms with Gasteiger partial charge in [-0.3, -0.25) is 9.89 Å². The van der Waals surface area contributed by atoms with Crippen LogP contribution in [0, 0.1) is 0 Å². The van der Waals surface area contributed by atoms with Crippen molar-refractivity contribution in [3.63, 3.8) is 0 Å². The summed E-state index contributed by atoms with van der Waals surface area (Å²) in [5.74, 6) is 0.765. The summed E-state index contributed by atoms with van der Waals surface area (Å²) in [7, 11) is 1.77. The minimum atomic E-state index is 0.504. The normalized spacial score (nSPS) is 15.2. The van der Waals surface area contributed by atoms with E-state index in [9.17, 15) is 0 Å². The van der Waals surface area contributed by atoms with Gasteiger partial charge in [-0.2, -0.15) is 0 Å². The Morgan fingerprint density at radius 2 is 1.62 bits per heavy atom. The van der Waals surface area contributed by atoms with Crippen LogP contribution >= 0.6 is 11.6 Å². The lowest BCUT2D eigenvalue weighted by Gasteiger charge is -2.15. The van der Waals surface area contributed by atoms with Gasteiger partial charge in [-0.25, -0.2) is 4.98 Å². The zero-order valence-corrected chi connectivity index (χ0v) is 16.0. The third-order valence-electron chi connectivity index (χ3n) is 4.56. The fourth-order valence-corrected chi connectivity index (χ4v) is 3.18. The van der Waals surface area contributed by atoms with Crippen molar-refractivity contribution in [1.82, 2.24) is 20.5 Å². The van der Waals surface area contributed by atoms with Crippen LogP contribution in [0.5, 0.6) is 0 Å². The highest BCUT2D eigenvalue weighted by atomic mass is 35.5. The molecule has 1 aromatic heterocycles. The molecule has 1 aliphatic rings. The molecule has 3 rings (SSSR count). The molecule has 0 unspecified atom stereocenters. The van der Waals surface area contributed by atoms with Crippen molar-refractivity contribution < 1.29 is 0 Å². The molecule has 2 N–H and O–H groups in total. The predicted octanol–water partition coefficient (Wildman–Crippen LogP) is 3.20. The SMILES string of the molecule is CN=C(NCc1ccc(CN2CCCC2)cc1)NCc1ccc(Cl)nc1. The van der Waals surface area contributed by atoms with E-state index in [1.807, 2.05) is 6.07 Å². The summed E-state index contributed by atoms with van der Waals surface area (Å²) in [6.45, 7) is 4.91. The topological polar surface area (TPSA) is 52.6 Å². The van der Waals surface area contributed by atoms with E-state index in [0.717, 1.165) is 24.6 Å². The van der Waals surface area contributed by atoms with Gasteiger partial charge in [0.15, 0.2) is 5.96 Å². The number of nitrogens with one attached hydrogen (secondary N) is 2. The molecule has 5 nitrogen and oxygen atoms in total. The number of likely N-dealkylation sites (tertiary alicyclic amines) is 1. The Kier molecular flexibility index (Phi) is 6.86. The molecule has 1 aliphatic heterocycles. The average molecular weight is 372 g/mol. The van der Waals surface area contributed by atoms with Gasteiger partial charge in [0.1, 0.15) is 5.15 Å². The molecule has 0 aliphatic carbocycles. The quantitative estimate of drug-likeness (QED) is 0.465. The highest BCUT2D eigenvalue weighted by Crippen LogP contribution is 2.13. The molecule has 0 saturated carbocycles. The number of hydrogen-bond donors (Lipinski definition) is 2. The summed E-state index contributed by atoms with van der Waals surface area (Å²) < 4.78 is 0. The molecule has 2 heterocycles. The van der Waals surface area contributed by atoms with E-state index in [0.29, 0.717) is 11.7 Å². The van der Waals surface area contributed by atoms with Crippen molar-refractivity contribution in [2.45, 2.75) is 32.5 Å². The summed E-state index contributed by atoms with van der Waals surface area (Å²) in [5.41, 5.74) is 3.68. The van der Waals surface area contributed by atoms with E-state index in [1.165, 1.54) is 37.1 Å². The molecule has 6 heteroatoms. The first-order valence-electron chi connectivity index (χ1n) is 9.08. The molecule has 0 amide bonds. The van der Waals surface area contributed by atoms with Gasteiger partial charge >= 0.3 is 0 Å². The van der Waals surface area contributed by atoms with E-state index in [1.54, 1.807) is 19.3 Å². The Labute approximate surface area is 160 Å². The van der Waals surface area contributed by atoms with Gasteiger partial charge in [-0.15, -0.1) is 0 Å². The first kappa shape index (κ1) is 18.7. The van der Waals surface area contributed by atoms with Crippen molar-refractivity contribution in [3.05, 3.63) is 64.4 Å². The van der Waals surface area contributed by atoms with Crippen LogP contribution in [0.15, 0.2) is 47.6 Å². The molecule has 0 atom stereocenters. The van der Waals surface area contributed by atoms with Crippen molar-refractivity contribution >= 4 is 17.6 Å². The Bertz CT molecular complexity index is 706. The fraction of sp³-hybridized carbons (Fsp3) is 0.400. The zero-order valence-electron chi connectivity index (χ0n) is 15.2. The molecule has 1 saturated heterocycles. The summed E-state index contributed by atoms with van der Waals surface area (Å²) >= 11 is 5.81. The Morgan fingerprint density at radius 1 is 1.00 bits per heavy atom. The summed E-state index contributed by atoms with van der Waals surface area (Å²) in [6, 6.07) is 12.6. The van der Waals surface area contributed by atoms with Gasteiger partial charge in [0.2, 0.25) is 0 Å². The van der Waals surface area contributed by atoms with E-state index >= 15 is 0 Å². The minimum Gasteiger partial charge on any atom is -0.352 e. The molecule has 0 spiro atoms. The number of rotatable bonds is 6. The molecule has 0 radical (unpaired) electrons. The third kappa shape index (κ3) is 5.71. The van der Waals surface area contributed by atoms with Crippen LogP contribution in [0.2, 0.25) is 5.15 Å². The monoisotopic (exact) mass is 371 g/mol. The maximum atomic E-state index is 5.81. The zero-order chi connectivity index (χ0) is 18.2. The molecule has 1 aromatic carbocycles. The first-order chi connectivity index (χ1) is 12.7. The molecule has 138 valence electrons. The van der Waals surface area contributed by atoms with Crippen molar-refractivity contribution in [2.24, 2.45) is 4.99 Å². The largest absolute Gasteiger partial charge is 0.352 e. The van der Waals surface area contributed by atoms with Crippen molar-refractivity contribution in [3.8, 4) is 0 Å². The Balaban J connectivity index is 1.44. The number of aromatic nitrogens is 1. The van der Waals surface area contributed by atoms with E-state index < -0.39 is 0 Å². The average Bonchev–Trinajstić information content (AvgIpc) is 3.17. The van der Waals surface area contributed by atoms with Crippen LogP contribution in [0.25, 0.3) is 0 Å². The van der Waals surface area contributed by atoms with Crippen LogP contribution in [-0.4, -0.2) is 36.0 Å². The fourth-order valence-electron chi connectivity index (χ4n) is 3.06. The minimum absolute atomic E-state index is 0.504. The maximum absolute atomic E-state index is 5.81. The van der Waals surface area contributed by atoms with E-state index in [4.69, 9.17) is 11.6 Å². The van der Waals surface area contributed by atoms with Crippen LogP contribution in [0.3, 0.4) is 0 Å². The Morgan fingerprint density at radius 3 is 2.23 bits per heavy atom. The molecular formula is C20H26ClN5. The lowest BCUT2D eigenvalue weighted by Crippen LogP contribution is -2.36. The predicted molar refractivity (Wildman–Crippen MR) is 107 cm³/mol. The van der Waals surface area contributed by atoms with Crippen molar-refractivity contribution in [2.75, 3.05) is 20.1 Å². The van der Waals surface area contributed by atoms with Gasteiger partial charge in [-0.05, 0) is 48.7 Å². The molecule has 0 bridgehead atoms. The smallest absolute Gasteiger partial charge is 0.191 e. The summed E-state index contributed by atoms with van der Waals surface area (Å²) in [4.78, 5) is 10.9. The third-order valence-corrected chi connectivity index (χ3v) is 4.78. The lowest BCUT2D eigenvalue weighted by molar-refractivity contribution is 0.331. The second-order valence-electron chi connectivity index (χ2n) is 6.57. The van der Waals surface area contributed by atoms with Gasteiger partial charge in [0.25, 0.3) is 0 Å². The van der Waals surface area contributed by atoms with Crippen LogP contribution in [0.4, 0.5) is 0 Å². The van der Waals surface area contributed by atoms with Gasteiger partial charge in [0, 0.05) is 32.9 Å². The van der Waals surface area contributed by atoms with Crippen LogP contribution in [-0.2, 0) is 19.6 Å². The number of guanidine groups is 1. The Hall–Kier alpha value is -2.11. The molecule has 2 aromatic rings. The van der Waals surface area contributed by atoms with Crippen LogP contribution in [0.1, 0.15) is 29.5 Å². The second-order valence-corrected chi connectivity index (χ2v) is 6.96. The first-order valence-corrected chi connectivity index (χ1v) is 9.46. The summed E-state index contributed by atoms with van der Waals surface area (Å²) in [5, 5.41) is 7.13. The number of nitrogens with zero attached hydrogens (tertiary/aromatic N) is 3. The van der Waals surface area contributed by atoms with E-state index in [-0.39, 0.29) is 0 Å². The molecule has 26 heavy (non-hydrogen) atoms. The number of pyridine rings is 1. The lowest BCUT2D eigenvalue weighted by atomic mass is 10.1. The van der Waals surface area contributed by atoms with E-state index in [2.05, 4.69) is 49.8 Å². The number of halogens is 1. The van der Waals surface area contributed by atoms with Gasteiger partial charge < -0.3 is 10.6 Å². The van der Waals surface area contributed by atoms with Crippen molar-refractivity contribution in [1.29, 1.82) is 0 Å². The summed E-state index contributed by atoms with van der Waals surface area (Å²) in [6.07, 6.45) is 4.43. The number of benzene rings is 1. The maximum Gasteiger partial charge on any atom is 0.191 e.